The van der Waals surface area contributed by atoms with Crippen molar-refractivity contribution in [3.8, 4) is 11.3 Å². The van der Waals surface area contributed by atoms with Gasteiger partial charge < -0.3 is 0 Å². The summed E-state index contributed by atoms with van der Waals surface area (Å²) in [5.74, 6) is 3.83. The van der Waals surface area contributed by atoms with Crippen LogP contribution in [0.25, 0.3) is 0 Å². The predicted molar refractivity (Wildman–Crippen MR) is 108 cm³/mol. The molecule has 0 radical (unpaired) electrons. The van der Waals surface area contributed by atoms with Crippen LogP contribution >= 0.6 is 38.3 Å². The summed E-state index contributed by atoms with van der Waals surface area (Å²) in [6, 6.07) is 0. The van der Waals surface area contributed by atoms with Gasteiger partial charge in [-0.3, -0.25) is 0 Å². The second-order valence-electron chi connectivity index (χ2n) is 6.72. The molecular formula is C14H31P5. The van der Waals surface area contributed by atoms with Gasteiger partial charge in [0.1, 0.15) is 0 Å². The summed E-state index contributed by atoms with van der Waals surface area (Å²) in [4.78, 5) is 0. The Morgan fingerprint density at radius 1 is 1.00 bits per heavy atom. The van der Waals surface area contributed by atoms with E-state index in [1.807, 2.05) is 0 Å². The molecule has 0 aromatic heterocycles. The van der Waals surface area contributed by atoms with Gasteiger partial charge in [-0.15, -0.1) is 0 Å². The van der Waals surface area contributed by atoms with Gasteiger partial charge in [-0.2, -0.15) is 0 Å². The van der Waals surface area contributed by atoms with Crippen LogP contribution in [0, 0.1) is 17.2 Å². The third-order valence-corrected chi connectivity index (χ3v) is 28.1. The van der Waals surface area contributed by atoms with E-state index in [9.17, 15) is 0 Å². The molecule has 0 aromatic rings. The summed E-state index contributed by atoms with van der Waals surface area (Å²) in [7, 11) is 0.411. The second kappa shape index (κ2) is 7.82. The number of hydrogen-bond acceptors (Lipinski definition) is 0. The summed E-state index contributed by atoms with van der Waals surface area (Å²) < 4.78 is 0. The Kier molecular flexibility index (Phi) is 7.72. The molecule has 0 amide bonds. The Balaban J connectivity index is 3.15. The van der Waals surface area contributed by atoms with Gasteiger partial charge in [0.25, 0.3) is 0 Å². The standard InChI is InChI=1S/C14H31P5/c1-13(2)14-17(5)12-16(4)11-15(3)9-10-18(6)19(14,7)8/h13-14,19H,11-12H2,1-8H3. The van der Waals surface area contributed by atoms with Crippen molar-refractivity contribution in [3.05, 3.63) is 0 Å². The van der Waals surface area contributed by atoms with E-state index < -0.39 is 6.95 Å². The molecule has 5 heteroatoms. The second-order valence-corrected chi connectivity index (χ2v) is 25.6. The van der Waals surface area contributed by atoms with E-state index in [1.165, 1.54) is 5.90 Å². The molecule has 1 heterocycles. The van der Waals surface area contributed by atoms with Gasteiger partial charge in [0.2, 0.25) is 0 Å². The monoisotopic (exact) mass is 354 g/mol. The summed E-state index contributed by atoms with van der Waals surface area (Å²) in [6.45, 7) is 19.0. The van der Waals surface area contributed by atoms with Crippen LogP contribution in [-0.4, -0.2) is 57.2 Å². The van der Waals surface area contributed by atoms with Gasteiger partial charge in [-0.05, 0) is 0 Å². The Morgan fingerprint density at radius 2 is 1.58 bits per heavy atom. The molecule has 1 rings (SSSR count). The fourth-order valence-electron chi connectivity index (χ4n) is 3.28. The van der Waals surface area contributed by atoms with Gasteiger partial charge in [0, 0.05) is 0 Å². The van der Waals surface area contributed by atoms with E-state index in [-0.39, 0.29) is 31.4 Å². The quantitative estimate of drug-likeness (QED) is 0.389. The van der Waals surface area contributed by atoms with Gasteiger partial charge >= 0.3 is 127 Å². The molecule has 0 aromatic carbocycles. The molecule has 5 unspecified atom stereocenters. The maximum absolute atomic E-state index is 3.74. The van der Waals surface area contributed by atoms with Crippen molar-refractivity contribution >= 4 is 38.3 Å². The van der Waals surface area contributed by atoms with Crippen molar-refractivity contribution in [2.24, 2.45) is 5.92 Å². The van der Waals surface area contributed by atoms with Crippen molar-refractivity contribution in [1.82, 2.24) is 0 Å². The Labute approximate surface area is 126 Å². The molecule has 1 aliphatic rings. The molecule has 0 aliphatic carbocycles. The molecule has 0 fully saturated rings. The van der Waals surface area contributed by atoms with Gasteiger partial charge in [-0.1, -0.05) is 0 Å². The van der Waals surface area contributed by atoms with Crippen LogP contribution in [-0.2, 0) is 0 Å². The third-order valence-electron chi connectivity index (χ3n) is 4.02. The summed E-state index contributed by atoms with van der Waals surface area (Å²) in [5, 5.41) is 1.01. The van der Waals surface area contributed by atoms with E-state index in [4.69, 9.17) is 0 Å². The SMILES string of the molecule is CC(C)C1P(C)CP(C)CP(C)C#CP(C)[PH]1(C)C. The van der Waals surface area contributed by atoms with E-state index in [1.54, 1.807) is 5.90 Å². The average molecular weight is 354 g/mol. The van der Waals surface area contributed by atoms with Crippen molar-refractivity contribution in [2.45, 2.75) is 19.2 Å². The van der Waals surface area contributed by atoms with E-state index in [0.29, 0.717) is 0 Å². The Bertz CT molecular complexity index is 355. The Morgan fingerprint density at radius 3 is 2.11 bits per heavy atom. The first-order valence-electron chi connectivity index (χ1n) is 7.01. The molecule has 0 saturated heterocycles. The molecule has 0 nitrogen and oxygen atoms in total. The molecule has 112 valence electrons. The molecule has 5 atom stereocenters. The first-order chi connectivity index (χ1) is 8.66. The van der Waals surface area contributed by atoms with E-state index >= 15 is 0 Å². The number of hydrogen-bond donors (Lipinski definition) is 0. The molecule has 0 bridgehead atoms. The zero-order chi connectivity index (χ0) is 14.8. The van der Waals surface area contributed by atoms with Crippen LogP contribution in [0.5, 0.6) is 0 Å². The first kappa shape index (κ1) is 18.8. The van der Waals surface area contributed by atoms with Gasteiger partial charge in [0.05, 0.1) is 0 Å². The average Bonchev–Trinajstić information content (AvgIpc) is 2.22. The maximum atomic E-state index is 3.74. The zero-order valence-corrected chi connectivity index (χ0v) is 18.4. The van der Waals surface area contributed by atoms with Crippen LogP contribution in [0.4, 0.5) is 0 Å². The summed E-state index contributed by atoms with van der Waals surface area (Å²) >= 11 is 0. The van der Waals surface area contributed by atoms with Crippen molar-refractivity contribution < 1.29 is 0 Å². The molecule has 0 saturated carbocycles. The van der Waals surface area contributed by atoms with Crippen LogP contribution in [0.15, 0.2) is 0 Å². The minimum absolute atomic E-state index is 0.00374. The topological polar surface area (TPSA) is 0 Å². The van der Waals surface area contributed by atoms with E-state index in [2.05, 4.69) is 65.2 Å². The van der Waals surface area contributed by atoms with Crippen LogP contribution in [0.1, 0.15) is 13.8 Å². The summed E-state index contributed by atoms with van der Waals surface area (Å²) in [6.07, 6.45) is 0. The first-order valence-corrected chi connectivity index (χ1v) is 18.9. The minimum atomic E-state index is -1.21. The van der Waals surface area contributed by atoms with Gasteiger partial charge in [0.15, 0.2) is 0 Å². The Hall–Kier alpha value is 1.71. The van der Waals surface area contributed by atoms with Crippen molar-refractivity contribution in [3.63, 3.8) is 0 Å². The van der Waals surface area contributed by atoms with Gasteiger partial charge in [-0.25, -0.2) is 0 Å². The fraction of sp³-hybridized carbons (Fsp3) is 0.857. The zero-order valence-electron chi connectivity index (χ0n) is 13.9. The molecule has 0 N–H and O–H groups in total. The molecular weight excluding hydrogens is 323 g/mol. The molecule has 0 spiro atoms. The number of rotatable bonds is 1. The normalized spacial score (nSPS) is 41.2. The van der Waals surface area contributed by atoms with Crippen LogP contribution in [0.3, 0.4) is 0 Å². The summed E-state index contributed by atoms with van der Waals surface area (Å²) in [5.41, 5.74) is 7.41. The van der Waals surface area contributed by atoms with E-state index in [0.717, 1.165) is 11.3 Å². The van der Waals surface area contributed by atoms with Crippen molar-refractivity contribution in [1.29, 1.82) is 0 Å². The third kappa shape index (κ3) is 5.13. The molecule has 1 aliphatic heterocycles. The predicted octanol–water partition coefficient (Wildman–Crippen LogP) is 6.19. The fourth-order valence-corrected chi connectivity index (χ4v) is 27.8. The van der Waals surface area contributed by atoms with Crippen LogP contribution in [0.2, 0.25) is 0 Å². The van der Waals surface area contributed by atoms with Crippen LogP contribution < -0.4 is 0 Å². The van der Waals surface area contributed by atoms with Crippen molar-refractivity contribution in [2.75, 3.05) is 51.8 Å². The molecule has 19 heavy (non-hydrogen) atoms.